The molecule has 3 rings (SSSR count). The fourth-order valence-corrected chi connectivity index (χ4v) is 14.7. The average Bonchev–Trinajstić information content (AvgIpc) is 1.67. The highest BCUT2D eigenvalue weighted by molar-refractivity contribution is 7.98. The summed E-state index contributed by atoms with van der Waals surface area (Å²) >= 11 is 5.52. The molecule has 758 valence electrons. The Kier molecular flexibility index (Phi) is 51.1. The van der Waals surface area contributed by atoms with Gasteiger partial charge < -0.3 is 132 Å². The Morgan fingerprint density at radius 1 is 0.434 bits per heavy atom. The summed E-state index contributed by atoms with van der Waals surface area (Å²) in [5.41, 5.74) is 6.74. The van der Waals surface area contributed by atoms with E-state index in [2.05, 4.69) is 108 Å². The number of aromatic nitrogens is 1. The van der Waals surface area contributed by atoms with Crippen LogP contribution in [0.4, 0.5) is 0 Å². The molecule has 25 N–H and O–H groups in total. The smallest absolute Gasteiger partial charge is 0.326 e. The number of nitrogens with zero attached hydrogens (tertiary/aromatic N) is 1. The Hall–Kier alpha value is -12.8. The van der Waals surface area contributed by atoms with Gasteiger partial charge in [-0.25, -0.2) is 4.79 Å². The number of benzene rings is 1. The lowest BCUT2D eigenvalue weighted by atomic mass is 9.99. The molecule has 2 heterocycles. The quantitative estimate of drug-likeness (QED) is 0.0276. The topological polar surface area (TPSA) is 743 Å². The zero-order chi connectivity index (χ0) is 103. The number of H-pyrrole nitrogens is 1. The Morgan fingerprint density at radius 2 is 0.831 bits per heavy atom. The number of hydrogen-bond acceptors (Lipinski definition) is 26. The van der Waals surface area contributed by atoms with Crippen LogP contribution in [0.2, 0.25) is 0 Å². The lowest BCUT2D eigenvalue weighted by Crippen LogP contribution is -2.61. The number of aliphatic hydroxyl groups excluding tert-OH is 1. The van der Waals surface area contributed by atoms with Gasteiger partial charge in [-0.3, -0.25) is 105 Å². The number of fused-ring (bicyclic) bond motifs is 1. The number of aliphatic hydroxyl groups is 1. The van der Waals surface area contributed by atoms with Crippen LogP contribution in [-0.4, -0.2) is 312 Å². The van der Waals surface area contributed by atoms with Crippen molar-refractivity contribution >= 4 is 171 Å². The van der Waals surface area contributed by atoms with E-state index in [0.29, 0.717) is 29.3 Å². The van der Waals surface area contributed by atoms with Crippen molar-refractivity contribution in [1.29, 1.82) is 0 Å². The lowest BCUT2D eigenvalue weighted by molar-refractivity contribution is -0.144. The fraction of sp³-hybridized carbons (Fsp3) is 0.640. The molecule has 16 atom stereocenters. The summed E-state index contributed by atoms with van der Waals surface area (Å²) in [5, 5.41) is 90.0. The normalized spacial score (nSPS) is 15.6. The number of amides is 19. The maximum Gasteiger partial charge on any atom is 0.326 e. The number of rotatable bonds is 62. The molecule has 1 aliphatic rings. The van der Waals surface area contributed by atoms with Gasteiger partial charge in [0.2, 0.25) is 112 Å². The predicted octanol–water partition coefficient (Wildman–Crippen LogP) is -4.91. The second kappa shape index (κ2) is 59.2. The van der Waals surface area contributed by atoms with Crippen molar-refractivity contribution in [2.75, 3.05) is 44.0 Å². The molecule has 0 spiro atoms. The van der Waals surface area contributed by atoms with E-state index in [1.54, 1.807) is 99.0 Å². The molecule has 0 radical (unpaired) electrons. The third kappa shape index (κ3) is 42.0. The predicted molar refractivity (Wildman–Crippen MR) is 493 cm³/mol. The van der Waals surface area contributed by atoms with Crippen molar-refractivity contribution in [3.8, 4) is 0 Å². The van der Waals surface area contributed by atoms with E-state index in [-0.39, 0.29) is 81.4 Å². The van der Waals surface area contributed by atoms with Crippen LogP contribution in [-0.2, 0) is 117 Å². The van der Waals surface area contributed by atoms with Crippen LogP contribution in [0.5, 0.6) is 0 Å². The van der Waals surface area contributed by atoms with Gasteiger partial charge in [-0.1, -0.05) is 80.5 Å². The van der Waals surface area contributed by atoms with Gasteiger partial charge in [0.25, 0.3) is 0 Å². The van der Waals surface area contributed by atoms with E-state index in [1.165, 1.54) is 30.5 Å². The van der Waals surface area contributed by atoms with Gasteiger partial charge in [-0.2, -0.15) is 24.4 Å². The number of primary amides is 1. The molecule has 1 saturated heterocycles. The molecule has 1 aliphatic heterocycles. The summed E-state index contributed by atoms with van der Waals surface area (Å²) in [7, 11) is 0. The van der Waals surface area contributed by atoms with E-state index in [1.807, 2.05) is 0 Å². The van der Waals surface area contributed by atoms with Crippen molar-refractivity contribution < 1.29 is 136 Å². The molecule has 50 heteroatoms. The Morgan fingerprint density at radius 3 is 1.35 bits per heavy atom. The second-order valence-corrected chi connectivity index (χ2v) is 36.0. The summed E-state index contributed by atoms with van der Waals surface area (Å²) < 4.78 is 0. The molecule has 136 heavy (non-hydrogen) atoms. The minimum absolute atomic E-state index is 0.0111. The summed E-state index contributed by atoms with van der Waals surface area (Å²) in [6.45, 7) is 16.6. The number of thiol groups is 1. The number of nitrogens with two attached hydrogens (primary N) is 1. The lowest BCUT2D eigenvalue weighted by Gasteiger charge is -2.30. The Bertz CT molecular complexity index is 4550. The highest BCUT2D eigenvalue weighted by Crippen LogP contribution is 2.23. The zero-order valence-electron chi connectivity index (χ0n) is 78.5. The van der Waals surface area contributed by atoms with Crippen LogP contribution in [0.3, 0.4) is 0 Å². The third-order valence-electron chi connectivity index (χ3n) is 21.0. The van der Waals surface area contributed by atoms with Crippen LogP contribution < -0.4 is 96.1 Å². The first-order valence-corrected chi connectivity index (χ1v) is 46.7. The fourth-order valence-electron chi connectivity index (χ4n) is 14.0. The second-order valence-electron chi connectivity index (χ2n) is 34.7. The largest absolute Gasteiger partial charge is 0.481 e. The standard InChI is InChI=1S/C86H134N20O28S2/c1-14-18-65(109)95-61(39-107)82(129)102-57(33-48-36-88-50-20-16-15-19-49(48)50)79(126)100-56(31-43(6)7)78(125)103-59(35-70(116)117)81(128)101-55(30-42(4)5)77(124)96-51(22-24-68(112)113)74(121)93-47(12)73(120)99-58(34-64(87)108)80(127)97-52(26-28-136-13)75(122)105-62(40-135)83(130)104-60(32-44(8)9)85(132)106-27-17-21-63(106)84(131)90-37-66(110)91-46(11)72(119)92-45(10)71(118)89-38-67(111)94-54(29-41(2)3)76(123)98-53(86(133)134)23-25-69(114)115/h15-16,19-20,36,41-47,51-63,88,107,135H,14,17-18,21-35,37-40H2,1-13H3,(H2,87,108)(H,89,118)(H,90,131)(H,91,110)(H,92,119)(H,93,121)(H,94,111)(H,95,109)(H,96,124)(H,97,127)(H,98,123)(H,99,120)(H,100,126)(H,101,128)(H,102,129)(H,103,125)(H,104,130)(H,105,122)(H,112,113)(H,114,115)(H,116,117)(H,133,134). The van der Waals surface area contributed by atoms with Crippen molar-refractivity contribution in [2.24, 2.45) is 29.4 Å². The van der Waals surface area contributed by atoms with E-state index in [0.717, 1.165) is 6.92 Å². The molecule has 2 aromatic rings. The van der Waals surface area contributed by atoms with Gasteiger partial charge in [0.05, 0.1) is 32.5 Å². The first-order valence-electron chi connectivity index (χ1n) is 44.6. The molecule has 0 aliphatic carbocycles. The number of nitrogens with one attached hydrogen (secondary N) is 18. The number of para-hydroxylation sites is 1. The van der Waals surface area contributed by atoms with Gasteiger partial charge in [0.15, 0.2) is 0 Å². The number of carbonyl (C=O) groups is 23. The number of thioether (sulfide) groups is 1. The minimum atomic E-state index is -1.99. The maximum atomic E-state index is 14.5. The van der Waals surface area contributed by atoms with E-state index < -0.39 is 303 Å². The number of aliphatic carboxylic acids is 4. The van der Waals surface area contributed by atoms with Gasteiger partial charge in [0, 0.05) is 55.1 Å². The summed E-state index contributed by atoms with van der Waals surface area (Å²) in [6, 6.07) is -17.7. The molecular formula is C86H134N20O28S2. The number of aromatic amines is 1. The number of carboxylic acid groups (broad SMARTS) is 4. The zero-order valence-corrected chi connectivity index (χ0v) is 80.2. The first kappa shape index (κ1) is 117. The van der Waals surface area contributed by atoms with Crippen LogP contribution >= 0.6 is 24.4 Å². The molecule has 1 fully saturated rings. The van der Waals surface area contributed by atoms with Gasteiger partial charge in [-0.05, 0) is 132 Å². The Balaban J connectivity index is 1.75. The molecule has 16 unspecified atom stereocenters. The van der Waals surface area contributed by atoms with Gasteiger partial charge in [0.1, 0.15) is 96.7 Å². The molecule has 0 saturated carbocycles. The number of carboxylic acids is 4. The van der Waals surface area contributed by atoms with Gasteiger partial charge in [-0.15, -0.1) is 0 Å². The molecule has 1 aromatic heterocycles. The third-order valence-corrected chi connectivity index (χ3v) is 22.0. The summed E-state index contributed by atoms with van der Waals surface area (Å²) in [4.78, 5) is 312. The summed E-state index contributed by atoms with van der Waals surface area (Å²) in [5.74, 6) is -26.1. The van der Waals surface area contributed by atoms with E-state index in [4.69, 9.17) is 10.8 Å². The first-order chi connectivity index (χ1) is 63.8. The molecule has 1 aromatic carbocycles. The van der Waals surface area contributed by atoms with Crippen molar-refractivity contribution in [3.05, 3.63) is 36.0 Å². The monoisotopic (exact) mass is 1960 g/mol. The molecule has 48 nitrogen and oxygen atoms in total. The van der Waals surface area contributed by atoms with E-state index in [9.17, 15) is 131 Å². The molecule has 19 amide bonds. The summed E-state index contributed by atoms with van der Waals surface area (Å²) in [6.07, 6.45) is -1.16. The minimum Gasteiger partial charge on any atom is -0.481 e. The highest BCUT2D eigenvalue weighted by Gasteiger charge is 2.42. The number of hydrogen-bond donors (Lipinski definition) is 25. The van der Waals surface area contributed by atoms with Crippen LogP contribution in [0, 0.1) is 23.7 Å². The van der Waals surface area contributed by atoms with Crippen LogP contribution in [0.1, 0.15) is 185 Å². The van der Waals surface area contributed by atoms with Crippen LogP contribution in [0.25, 0.3) is 10.9 Å². The van der Waals surface area contributed by atoms with E-state index >= 15 is 0 Å². The average molecular weight is 1960 g/mol. The van der Waals surface area contributed by atoms with Crippen molar-refractivity contribution in [1.82, 2.24) is 100 Å². The van der Waals surface area contributed by atoms with Crippen molar-refractivity contribution in [2.45, 2.75) is 282 Å². The van der Waals surface area contributed by atoms with Crippen LogP contribution in [0.15, 0.2) is 30.5 Å². The number of likely N-dealkylation sites (tertiary alicyclic amines) is 1. The SMILES string of the molecule is CCCC(=O)NC(CO)C(=O)NC(Cc1c[nH]c2ccccc12)C(=O)NC(CC(C)C)C(=O)NC(CC(=O)O)C(=O)NC(CC(C)C)C(=O)NC(CCC(=O)O)C(=O)NC(C)C(=O)NC(CC(N)=O)C(=O)NC(CCSC)C(=O)NC(CS)C(=O)NC(CC(C)C)C(=O)N1CCCC1C(=O)NCC(=O)NC(C)C(=O)NC(C)C(=O)NCC(=O)NC(CC(C)C)C(=O)NC(CCC(=O)O)C(=O)O. The molecule has 0 bridgehead atoms. The van der Waals surface area contributed by atoms with Crippen molar-refractivity contribution in [3.63, 3.8) is 0 Å². The number of carbonyl (C=O) groups excluding carboxylic acids is 19. The highest BCUT2D eigenvalue weighted by atomic mass is 32.2. The van der Waals surface area contributed by atoms with Gasteiger partial charge >= 0.3 is 23.9 Å². The Labute approximate surface area is 795 Å². The molecular weight excluding hydrogens is 1830 g/mol. The maximum absolute atomic E-state index is 14.5.